The standard InChI is InChI=1S/C16H11N3O2.C2H6/c17-16(20)10-5-6-12-11(7-10)15(19-18-12)14-8-9-3-1-2-4-13(9)21-14;1-2/h1-8H,(H2,17,20)(H,18,19);1-2H3. The molecule has 0 aliphatic carbocycles. The first-order valence-electron chi connectivity index (χ1n) is 7.49. The van der Waals surface area contributed by atoms with Crippen molar-refractivity contribution < 1.29 is 9.21 Å². The summed E-state index contributed by atoms with van der Waals surface area (Å²) in [6, 6.07) is 14.9. The number of primary amides is 1. The van der Waals surface area contributed by atoms with Crippen molar-refractivity contribution >= 4 is 27.8 Å². The molecule has 0 aliphatic rings. The topological polar surface area (TPSA) is 84.9 Å². The van der Waals surface area contributed by atoms with Gasteiger partial charge in [-0.05, 0) is 30.3 Å². The lowest BCUT2D eigenvalue weighted by atomic mass is 10.1. The van der Waals surface area contributed by atoms with Crippen LogP contribution in [-0.4, -0.2) is 16.1 Å². The largest absolute Gasteiger partial charge is 0.454 e. The van der Waals surface area contributed by atoms with Gasteiger partial charge in [-0.3, -0.25) is 9.89 Å². The van der Waals surface area contributed by atoms with E-state index in [1.54, 1.807) is 18.2 Å². The molecule has 2 heterocycles. The van der Waals surface area contributed by atoms with Crippen LogP contribution in [0, 0.1) is 0 Å². The van der Waals surface area contributed by atoms with Gasteiger partial charge in [0.1, 0.15) is 11.3 Å². The van der Waals surface area contributed by atoms with Crippen LogP contribution in [0.25, 0.3) is 33.3 Å². The first-order chi connectivity index (χ1) is 11.2. The van der Waals surface area contributed by atoms with Crippen molar-refractivity contribution in [3.63, 3.8) is 0 Å². The molecular formula is C18H17N3O2. The molecule has 0 saturated heterocycles. The van der Waals surface area contributed by atoms with Crippen LogP contribution in [0.15, 0.2) is 52.9 Å². The van der Waals surface area contributed by atoms with Crippen molar-refractivity contribution in [3.05, 3.63) is 54.1 Å². The summed E-state index contributed by atoms with van der Waals surface area (Å²) in [5.74, 6) is 0.192. The predicted octanol–water partition coefficient (Wildman–Crippen LogP) is 4.10. The molecular weight excluding hydrogens is 290 g/mol. The van der Waals surface area contributed by atoms with Crippen molar-refractivity contribution in [1.82, 2.24) is 10.2 Å². The van der Waals surface area contributed by atoms with E-state index in [1.165, 1.54) is 0 Å². The third-order valence-corrected chi connectivity index (χ3v) is 3.51. The maximum Gasteiger partial charge on any atom is 0.248 e. The number of nitrogens with two attached hydrogens (primary N) is 1. The average molecular weight is 307 g/mol. The Labute approximate surface area is 133 Å². The molecule has 0 spiro atoms. The Balaban J connectivity index is 0.000000753. The van der Waals surface area contributed by atoms with Crippen molar-refractivity contribution in [2.75, 3.05) is 0 Å². The fourth-order valence-electron chi connectivity index (χ4n) is 2.45. The fourth-order valence-corrected chi connectivity index (χ4v) is 2.45. The minimum absolute atomic E-state index is 0.446. The highest BCUT2D eigenvalue weighted by Gasteiger charge is 2.14. The summed E-state index contributed by atoms with van der Waals surface area (Å²) in [7, 11) is 0. The molecule has 4 rings (SSSR count). The van der Waals surface area contributed by atoms with E-state index < -0.39 is 5.91 Å². The zero-order chi connectivity index (χ0) is 16.4. The van der Waals surface area contributed by atoms with Gasteiger partial charge in [-0.15, -0.1) is 0 Å². The number of nitrogens with one attached hydrogen (secondary N) is 1. The second kappa shape index (κ2) is 5.96. The number of amides is 1. The lowest BCUT2D eigenvalue weighted by Crippen LogP contribution is -2.10. The van der Waals surface area contributed by atoms with Gasteiger partial charge in [0.25, 0.3) is 0 Å². The molecule has 0 atom stereocenters. The first-order valence-corrected chi connectivity index (χ1v) is 7.49. The molecule has 1 amide bonds. The molecule has 0 saturated carbocycles. The number of hydrogen-bond donors (Lipinski definition) is 2. The Morgan fingerprint density at radius 3 is 2.65 bits per heavy atom. The smallest absolute Gasteiger partial charge is 0.248 e. The number of fused-ring (bicyclic) bond motifs is 2. The maximum atomic E-state index is 11.3. The van der Waals surface area contributed by atoms with Gasteiger partial charge in [0.15, 0.2) is 5.76 Å². The molecule has 0 fully saturated rings. The number of furan rings is 1. The van der Waals surface area contributed by atoms with Crippen LogP contribution in [-0.2, 0) is 0 Å². The Morgan fingerprint density at radius 1 is 1.13 bits per heavy atom. The monoisotopic (exact) mass is 307 g/mol. The van der Waals surface area contributed by atoms with Gasteiger partial charge >= 0.3 is 0 Å². The highest BCUT2D eigenvalue weighted by Crippen LogP contribution is 2.31. The van der Waals surface area contributed by atoms with Gasteiger partial charge < -0.3 is 10.2 Å². The van der Waals surface area contributed by atoms with Gasteiger partial charge in [0.2, 0.25) is 5.91 Å². The van der Waals surface area contributed by atoms with Crippen LogP contribution in [0.3, 0.4) is 0 Å². The molecule has 0 bridgehead atoms. The van der Waals surface area contributed by atoms with E-state index >= 15 is 0 Å². The lowest BCUT2D eigenvalue weighted by molar-refractivity contribution is 0.100. The third-order valence-electron chi connectivity index (χ3n) is 3.51. The molecule has 3 N–H and O–H groups in total. The number of carbonyl (C=O) groups is 1. The summed E-state index contributed by atoms with van der Waals surface area (Å²) >= 11 is 0. The molecule has 0 aliphatic heterocycles. The molecule has 5 heteroatoms. The number of H-pyrrole nitrogens is 1. The second-order valence-corrected chi connectivity index (χ2v) is 4.85. The maximum absolute atomic E-state index is 11.3. The second-order valence-electron chi connectivity index (χ2n) is 4.85. The van der Waals surface area contributed by atoms with E-state index in [1.807, 2.05) is 44.2 Å². The number of carbonyl (C=O) groups excluding carboxylic acids is 1. The summed E-state index contributed by atoms with van der Waals surface area (Å²) in [5, 5.41) is 9.04. The zero-order valence-electron chi connectivity index (χ0n) is 13.0. The lowest BCUT2D eigenvalue weighted by Gasteiger charge is -1.96. The molecule has 116 valence electrons. The molecule has 4 aromatic rings. The Hall–Kier alpha value is -3.08. The number of aromatic nitrogens is 2. The number of aromatic amines is 1. The minimum Gasteiger partial charge on any atom is -0.454 e. The van der Waals surface area contributed by atoms with E-state index in [0.29, 0.717) is 17.0 Å². The van der Waals surface area contributed by atoms with Crippen molar-refractivity contribution in [2.24, 2.45) is 5.73 Å². The van der Waals surface area contributed by atoms with E-state index in [2.05, 4.69) is 10.2 Å². The van der Waals surface area contributed by atoms with Gasteiger partial charge in [-0.2, -0.15) is 5.10 Å². The summed E-state index contributed by atoms with van der Waals surface area (Å²) < 4.78 is 5.82. The van der Waals surface area contributed by atoms with Gasteiger partial charge in [-0.1, -0.05) is 32.0 Å². The molecule has 23 heavy (non-hydrogen) atoms. The molecule has 2 aromatic heterocycles. The number of nitrogens with zero attached hydrogens (tertiary/aromatic N) is 1. The number of hydrogen-bond acceptors (Lipinski definition) is 3. The van der Waals surface area contributed by atoms with Crippen LogP contribution in [0.1, 0.15) is 24.2 Å². The third kappa shape index (κ3) is 2.57. The van der Waals surface area contributed by atoms with E-state index in [4.69, 9.17) is 10.2 Å². The summed E-state index contributed by atoms with van der Waals surface area (Å²) in [6.45, 7) is 4.00. The van der Waals surface area contributed by atoms with E-state index in [-0.39, 0.29) is 0 Å². The Morgan fingerprint density at radius 2 is 1.91 bits per heavy atom. The molecule has 0 unspecified atom stereocenters. The van der Waals surface area contributed by atoms with Crippen molar-refractivity contribution in [2.45, 2.75) is 13.8 Å². The number of rotatable bonds is 2. The minimum atomic E-state index is -0.464. The predicted molar refractivity (Wildman–Crippen MR) is 91.2 cm³/mol. The van der Waals surface area contributed by atoms with Crippen molar-refractivity contribution in [1.29, 1.82) is 0 Å². The van der Waals surface area contributed by atoms with E-state index in [9.17, 15) is 4.79 Å². The summed E-state index contributed by atoms with van der Waals surface area (Å²) in [4.78, 5) is 11.3. The average Bonchev–Trinajstić information content (AvgIpc) is 3.19. The summed E-state index contributed by atoms with van der Waals surface area (Å²) in [5.41, 5.74) is 8.08. The Bertz CT molecular complexity index is 949. The highest BCUT2D eigenvalue weighted by molar-refractivity contribution is 6.01. The normalized spacial score (nSPS) is 10.5. The van der Waals surface area contributed by atoms with Gasteiger partial charge in [-0.25, -0.2) is 0 Å². The first kappa shape index (κ1) is 14.8. The molecule has 2 aromatic carbocycles. The van der Waals surface area contributed by atoms with Crippen LogP contribution < -0.4 is 5.73 Å². The van der Waals surface area contributed by atoms with Gasteiger partial charge in [0.05, 0.1) is 5.52 Å². The fraction of sp³-hybridized carbons (Fsp3) is 0.111. The molecule has 5 nitrogen and oxygen atoms in total. The number of benzene rings is 2. The van der Waals surface area contributed by atoms with Gasteiger partial charge in [0, 0.05) is 16.3 Å². The Kier molecular flexibility index (Phi) is 3.85. The number of para-hydroxylation sites is 1. The van der Waals surface area contributed by atoms with Crippen LogP contribution in [0.4, 0.5) is 0 Å². The van der Waals surface area contributed by atoms with E-state index in [0.717, 1.165) is 21.9 Å². The summed E-state index contributed by atoms with van der Waals surface area (Å²) in [6.07, 6.45) is 0. The highest BCUT2D eigenvalue weighted by atomic mass is 16.3. The van der Waals surface area contributed by atoms with Crippen LogP contribution in [0.5, 0.6) is 0 Å². The van der Waals surface area contributed by atoms with Crippen LogP contribution >= 0.6 is 0 Å². The zero-order valence-corrected chi connectivity index (χ0v) is 13.0. The molecule has 0 radical (unpaired) electrons. The SMILES string of the molecule is CC.NC(=O)c1ccc2[nH]nc(-c3cc4ccccc4o3)c2c1. The van der Waals surface area contributed by atoms with Crippen molar-refractivity contribution in [3.8, 4) is 11.5 Å². The van der Waals surface area contributed by atoms with Crippen LogP contribution in [0.2, 0.25) is 0 Å². The quantitative estimate of drug-likeness (QED) is 0.584.